The number of anilines is 6. The van der Waals surface area contributed by atoms with Gasteiger partial charge in [-0.2, -0.15) is 0 Å². The Morgan fingerprint density at radius 1 is 0.343 bits per heavy atom. The van der Waals surface area contributed by atoms with Crippen molar-refractivity contribution in [1.82, 2.24) is 0 Å². The lowest BCUT2D eigenvalue weighted by Crippen LogP contribution is -2.10. The average Bonchev–Trinajstić information content (AvgIpc) is 3.37. The average molecular weight is 883 g/mol. The van der Waals surface area contributed by atoms with Gasteiger partial charge in [0.2, 0.25) is 0 Å². The van der Waals surface area contributed by atoms with Gasteiger partial charge in [0, 0.05) is 52.4 Å². The Morgan fingerprint density at radius 3 is 0.806 bits per heavy atom. The van der Waals surface area contributed by atoms with E-state index in [1.165, 1.54) is 0 Å². The molecule has 0 heterocycles. The van der Waals surface area contributed by atoms with E-state index in [0.29, 0.717) is 23.9 Å². The van der Waals surface area contributed by atoms with Crippen LogP contribution < -0.4 is 28.7 Å². The maximum Gasteiger partial charge on any atom is 0.335 e. The molecule has 0 aliphatic rings. The molecule has 67 heavy (non-hydrogen) atoms. The topological polar surface area (TPSA) is 94.6 Å². The first-order valence-electron chi connectivity index (χ1n) is 21.1. The van der Waals surface area contributed by atoms with Gasteiger partial charge in [-0.15, -0.1) is 0 Å². The first-order valence-corrected chi connectivity index (χ1v) is 21.1. The lowest BCUT2D eigenvalue weighted by atomic mass is 10.1. The van der Waals surface area contributed by atoms with E-state index in [-0.39, 0.29) is 0 Å². The van der Waals surface area contributed by atoms with E-state index in [9.17, 15) is 14.4 Å². The van der Waals surface area contributed by atoms with Crippen molar-refractivity contribution in [2.45, 2.75) is 0 Å². The normalized spacial score (nSPS) is 10.7. The summed E-state index contributed by atoms with van der Waals surface area (Å²) >= 11 is 0. The van der Waals surface area contributed by atoms with E-state index in [0.717, 1.165) is 80.4 Å². The molecule has 0 aromatic heterocycles. The predicted octanol–water partition coefficient (Wildman–Crippen LogP) is 13.8. The standard InChI is InChI=1S/C58H46N2O7/c1-5-41-64-52-33-25-48(26-34-52)59(49-27-35-53(36-28-49)65-56(61)6-2)46-21-17-44(18-22-46)15-13-42-9-11-43(12-10-42)14-16-45-19-23-47(24-20-45)60(50-29-37-54(38-30-50)66-57(62)7-3)51-31-39-55(40-32-51)67-58(63)8-4/h5-40H,1-4,41H2. The SMILES string of the molecule is C=CCOc1ccc(N(c2ccc(C=Cc3ccc(C=Cc4ccc(N(c5ccc(OC(=O)C=C)cc5)c5ccc(OC(=O)C=C)cc5)cc4)cc3)cc2)c2ccc(OC(=O)C=C)cc2)cc1. The number of carbonyl (C=O) groups excluding carboxylic acids is 3. The van der Waals surface area contributed by atoms with Crippen LogP contribution in [-0.2, 0) is 14.4 Å². The van der Waals surface area contributed by atoms with E-state index >= 15 is 0 Å². The number of nitrogens with zero attached hydrogens (tertiary/aromatic N) is 2. The van der Waals surface area contributed by atoms with Gasteiger partial charge in [0.05, 0.1) is 0 Å². The van der Waals surface area contributed by atoms with Crippen molar-refractivity contribution in [3.63, 3.8) is 0 Å². The van der Waals surface area contributed by atoms with Gasteiger partial charge in [0.1, 0.15) is 29.6 Å². The van der Waals surface area contributed by atoms with Crippen LogP contribution in [0.3, 0.4) is 0 Å². The number of hydrogen-bond donors (Lipinski definition) is 0. The van der Waals surface area contributed by atoms with Crippen LogP contribution in [0.15, 0.2) is 220 Å². The Bertz CT molecular complexity index is 2830. The van der Waals surface area contributed by atoms with Crippen molar-refractivity contribution >= 4 is 76.3 Å². The second-order valence-electron chi connectivity index (χ2n) is 14.6. The van der Waals surface area contributed by atoms with Gasteiger partial charge in [0.25, 0.3) is 0 Å². The molecule has 7 aromatic rings. The van der Waals surface area contributed by atoms with E-state index < -0.39 is 17.9 Å². The third-order valence-electron chi connectivity index (χ3n) is 10.1. The highest BCUT2D eigenvalue weighted by molar-refractivity contribution is 5.86. The third kappa shape index (κ3) is 12.5. The Kier molecular flexibility index (Phi) is 15.3. The van der Waals surface area contributed by atoms with Crippen molar-refractivity contribution in [1.29, 1.82) is 0 Å². The predicted molar refractivity (Wildman–Crippen MR) is 270 cm³/mol. The monoisotopic (exact) mass is 882 g/mol. The molecule has 0 fully saturated rings. The van der Waals surface area contributed by atoms with Gasteiger partial charge >= 0.3 is 17.9 Å². The summed E-state index contributed by atoms with van der Waals surface area (Å²) in [7, 11) is 0. The van der Waals surface area contributed by atoms with Crippen molar-refractivity contribution in [3.8, 4) is 23.0 Å². The first kappa shape index (κ1) is 45.8. The van der Waals surface area contributed by atoms with Gasteiger partial charge < -0.3 is 28.7 Å². The summed E-state index contributed by atoms with van der Waals surface area (Å²) in [5.41, 5.74) is 9.41. The molecule has 9 nitrogen and oxygen atoms in total. The third-order valence-corrected chi connectivity index (χ3v) is 10.1. The molecular formula is C58H46N2O7. The van der Waals surface area contributed by atoms with Crippen LogP contribution in [0.25, 0.3) is 24.3 Å². The summed E-state index contributed by atoms with van der Waals surface area (Å²) in [6.45, 7) is 14.5. The van der Waals surface area contributed by atoms with Crippen LogP contribution in [0.1, 0.15) is 22.3 Å². The molecule has 0 aliphatic heterocycles. The zero-order valence-electron chi connectivity index (χ0n) is 36.6. The molecular weight excluding hydrogens is 837 g/mol. The Balaban J connectivity index is 1.03. The van der Waals surface area contributed by atoms with Crippen LogP contribution in [-0.4, -0.2) is 24.5 Å². The Hall–Kier alpha value is -9.21. The van der Waals surface area contributed by atoms with Gasteiger partial charge in [0.15, 0.2) is 0 Å². The second-order valence-corrected chi connectivity index (χ2v) is 14.6. The summed E-state index contributed by atoms with van der Waals surface area (Å²) < 4.78 is 21.6. The number of esters is 3. The highest BCUT2D eigenvalue weighted by atomic mass is 16.5. The molecule has 0 saturated carbocycles. The minimum Gasteiger partial charge on any atom is -0.490 e. The lowest BCUT2D eigenvalue weighted by Gasteiger charge is -2.26. The summed E-state index contributed by atoms with van der Waals surface area (Å²) in [5, 5.41) is 0. The molecule has 0 N–H and O–H groups in total. The molecule has 0 bridgehead atoms. The maximum atomic E-state index is 11.8. The van der Waals surface area contributed by atoms with Crippen molar-refractivity contribution < 1.29 is 33.3 Å². The minimum atomic E-state index is -0.541. The van der Waals surface area contributed by atoms with Gasteiger partial charge in [-0.25, -0.2) is 14.4 Å². The molecule has 0 radical (unpaired) electrons. The molecule has 0 unspecified atom stereocenters. The van der Waals surface area contributed by atoms with Crippen molar-refractivity contribution in [2.24, 2.45) is 0 Å². The number of carbonyl (C=O) groups is 3. The minimum absolute atomic E-state index is 0.394. The summed E-state index contributed by atoms with van der Waals surface area (Å²) in [6.07, 6.45) is 13.4. The van der Waals surface area contributed by atoms with E-state index in [1.54, 1.807) is 42.5 Å². The van der Waals surface area contributed by atoms with Crippen molar-refractivity contribution in [3.05, 3.63) is 243 Å². The number of benzene rings is 7. The molecule has 9 heteroatoms. The molecule has 7 rings (SSSR count). The summed E-state index contributed by atoms with van der Waals surface area (Å²) in [6, 6.07) is 54.2. The van der Waals surface area contributed by atoms with Crippen LogP contribution in [0.2, 0.25) is 0 Å². The van der Waals surface area contributed by atoms with Crippen molar-refractivity contribution in [2.75, 3.05) is 16.4 Å². The quantitative estimate of drug-likeness (QED) is 0.0259. The zero-order chi connectivity index (χ0) is 47.0. The largest absolute Gasteiger partial charge is 0.490 e. The molecule has 330 valence electrons. The van der Waals surface area contributed by atoms with Crippen LogP contribution in [0.5, 0.6) is 23.0 Å². The molecule has 0 atom stereocenters. The van der Waals surface area contributed by atoms with E-state index in [1.807, 2.05) is 89.8 Å². The fraction of sp³-hybridized carbons (Fsp3) is 0.0172. The zero-order valence-corrected chi connectivity index (χ0v) is 36.6. The molecule has 0 amide bonds. The van der Waals surface area contributed by atoms with Gasteiger partial charge in [-0.05, 0) is 144 Å². The number of rotatable bonds is 19. The molecule has 0 aliphatic carbocycles. The van der Waals surface area contributed by atoms with Gasteiger partial charge in [-0.3, -0.25) is 0 Å². The van der Waals surface area contributed by atoms with Crippen LogP contribution >= 0.6 is 0 Å². The highest BCUT2D eigenvalue weighted by Gasteiger charge is 2.16. The Morgan fingerprint density at radius 2 is 0.567 bits per heavy atom. The van der Waals surface area contributed by atoms with Crippen LogP contribution in [0.4, 0.5) is 34.1 Å². The second kappa shape index (κ2) is 22.4. The van der Waals surface area contributed by atoms with E-state index in [4.69, 9.17) is 18.9 Å². The number of hydrogen-bond acceptors (Lipinski definition) is 9. The first-order chi connectivity index (χ1) is 32.7. The summed E-state index contributed by atoms with van der Waals surface area (Å²) in [4.78, 5) is 39.4. The molecule has 0 saturated heterocycles. The molecule has 0 spiro atoms. The fourth-order valence-electron chi connectivity index (χ4n) is 6.78. The number of ether oxygens (including phenoxy) is 4. The van der Waals surface area contributed by atoms with Crippen LogP contribution in [0, 0.1) is 0 Å². The highest BCUT2D eigenvalue weighted by Crippen LogP contribution is 2.38. The smallest absolute Gasteiger partial charge is 0.335 e. The Labute approximate surface area is 390 Å². The maximum absolute atomic E-state index is 11.8. The molecule has 7 aromatic carbocycles. The van der Waals surface area contributed by atoms with Gasteiger partial charge in [-0.1, -0.05) is 105 Å². The fourth-order valence-corrected chi connectivity index (χ4v) is 6.78. The summed E-state index contributed by atoms with van der Waals surface area (Å²) in [5.74, 6) is 0.351. The van der Waals surface area contributed by atoms with E-state index in [2.05, 4.69) is 104 Å². The lowest BCUT2D eigenvalue weighted by molar-refractivity contribution is -0.129.